The lowest BCUT2D eigenvalue weighted by atomic mass is 10.3. The van der Waals surface area contributed by atoms with Crippen molar-refractivity contribution in [2.24, 2.45) is 0 Å². The Labute approximate surface area is 94.1 Å². The van der Waals surface area contributed by atoms with Gasteiger partial charge in [-0.3, -0.25) is 0 Å². The molecule has 0 amide bonds. The molecule has 0 aromatic carbocycles. The summed E-state index contributed by atoms with van der Waals surface area (Å²) in [5.41, 5.74) is 1.09. The van der Waals surface area contributed by atoms with Gasteiger partial charge in [0.05, 0.1) is 11.9 Å². The largest absolute Gasteiger partial charge is 0.477 e. The van der Waals surface area contributed by atoms with Crippen LogP contribution < -0.4 is 10.2 Å². The highest BCUT2D eigenvalue weighted by Crippen LogP contribution is 2.14. The molecule has 1 saturated heterocycles. The van der Waals surface area contributed by atoms with Crippen molar-refractivity contribution < 1.29 is 9.90 Å². The number of carbonyl (C=O) groups is 1. The molecule has 0 unspecified atom stereocenters. The highest BCUT2D eigenvalue weighted by molar-refractivity contribution is 5.85. The van der Waals surface area contributed by atoms with Gasteiger partial charge in [-0.05, 0) is 25.1 Å². The highest BCUT2D eigenvalue weighted by atomic mass is 16.4. The van der Waals surface area contributed by atoms with E-state index in [9.17, 15) is 4.79 Å². The second kappa shape index (κ2) is 4.94. The van der Waals surface area contributed by atoms with E-state index in [1.165, 1.54) is 0 Å². The molecule has 0 aliphatic carbocycles. The summed E-state index contributed by atoms with van der Waals surface area (Å²) in [7, 11) is 0. The summed E-state index contributed by atoms with van der Waals surface area (Å²) in [6, 6.07) is 3.37. The van der Waals surface area contributed by atoms with E-state index in [0.29, 0.717) is 0 Å². The van der Waals surface area contributed by atoms with E-state index in [-0.39, 0.29) is 5.69 Å². The van der Waals surface area contributed by atoms with Crippen LogP contribution in [0.4, 0.5) is 5.69 Å². The van der Waals surface area contributed by atoms with Gasteiger partial charge in [0, 0.05) is 19.6 Å². The molecule has 16 heavy (non-hydrogen) atoms. The minimum Gasteiger partial charge on any atom is -0.477 e. The average Bonchev–Trinajstić information content (AvgIpc) is 2.57. The van der Waals surface area contributed by atoms with E-state index in [4.69, 9.17) is 5.11 Å². The van der Waals surface area contributed by atoms with Crippen LogP contribution in [0, 0.1) is 0 Å². The minimum atomic E-state index is -0.982. The monoisotopic (exact) mass is 221 g/mol. The number of anilines is 1. The Morgan fingerprint density at radius 1 is 1.38 bits per heavy atom. The maximum atomic E-state index is 10.7. The number of hydrogen-bond acceptors (Lipinski definition) is 4. The number of nitrogens with one attached hydrogen (secondary N) is 1. The normalized spacial score (nSPS) is 16.9. The molecule has 2 N–H and O–H groups in total. The number of rotatable bonds is 2. The average molecular weight is 221 g/mol. The molecule has 5 heteroatoms. The Kier molecular flexibility index (Phi) is 3.36. The molecule has 1 aliphatic heterocycles. The number of nitrogens with zero attached hydrogens (tertiary/aromatic N) is 2. The van der Waals surface area contributed by atoms with Crippen LogP contribution in [-0.4, -0.2) is 42.2 Å². The predicted octanol–water partition coefficient (Wildman–Crippen LogP) is 0.579. The van der Waals surface area contributed by atoms with Gasteiger partial charge in [-0.2, -0.15) is 0 Å². The lowest BCUT2D eigenvalue weighted by Gasteiger charge is -2.21. The fourth-order valence-electron chi connectivity index (χ4n) is 1.80. The third-order valence-electron chi connectivity index (χ3n) is 2.67. The van der Waals surface area contributed by atoms with Crippen molar-refractivity contribution in [1.82, 2.24) is 10.3 Å². The quantitative estimate of drug-likeness (QED) is 0.764. The number of pyridine rings is 1. The fourth-order valence-corrected chi connectivity index (χ4v) is 1.80. The number of aromatic carboxylic acids is 1. The molecule has 1 aromatic heterocycles. The van der Waals surface area contributed by atoms with Crippen LogP contribution in [0.3, 0.4) is 0 Å². The lowest BCUT2D eigenvalue weighted by molar-refractivity contribution is 0.0690. The van der Waals surface area contributed by atoms with Crippen molar-refractivity contribution in [3.05, 3.63) is 24.0 Å². The van der Waals surface area contributed by atoms with Crippen molar-refractivity contribution in [3.63, 3.8) is 0 Å². The standard InChI is InChI=1S/C11H15N3O2/c15-11(16)10-3-2-9(8-13-10)14-6-1-4-12-5-7-14/h2-3,8,12H,1,4-7H2,(H,15,16). The zero-order valence-electron chi connectivity index (χ0n) is 9.02. The summed E-state index contributed by atoms with van der Waals surface area (Å²) < 4.78 is 0. The second-order valence-corrected chi connectivity index (χ2v) is 3.80. The van der Waals surface area contributed by atoms with Gasteiger partial charge in [-0.1, -0.05) is 0 Å². The van der Waals surface area contributed by atoms with E-state index < -0.39 is 5.97 Å². The second-order valence-electron chi connectivity index (χ2n) is 3.80. The van der Waals surface area contributed by atoms with Crippen LogP contribution in [-0.2, 0) is 0 Å². The Morgan fingerprint density at radius 2 is 2.25 bits per heavy atom. The summed E-state index contributed by atoms with van der Waals surface area (Å²) in [5.74, 6) is -0.982. The van der Waals surface area contributed by atoms with Crippen molar-refractivity contribution >= 4 is 11.7 Å². The Morgan fingerprint density at radius 3 is 2.94 bits per heavy atom. The van der Waals surface area contributed by atoms with E-state index >= 15 is 0 Å². The summed E-state index contributed by atoms with van der Waals surface area (Å²) >= 11 is 0. The first-order chi connectivity index (χ1) is 7.77. The first-order valence-electron chi connectivity index (χ1n) is 5.42. The molecule has 2 rings (SSSR count). The summed E-state index contributed by atoms with van der Waals surface area (Å²) in [6.45, 7) is 3.92. The molecule has 0 radical (unpaired) electrons. The maximum absolute atomic E-state index is 10.7. The molecular weight excluding hydrogens is 206 g/mol. The molecule has 1 aromatic rings. The Balaban J connectivity index is 2.10. The molecule has 1 fully saturated rings. The van der Waals surface area contributed by atoms with Crippen molar-refractivity contribution in [1.29, 1.82) is 0 Å². The maximum Gasteiger partial charge on any atom is 0.354 e. The first kappa shape index (κ1) is 10.9. The molecule has 0 bridgehead atoms. The van der Waals surface area contributed by atoms with Gasteiger partial charge in [0.15, 0.2) is 0 Å². The van der Waals surface area contributed by atoms with Gasteiger partial charge < -0.3 is 15.3 Å². The van der Waals surface area contributed by atoms with Gasteiger partial charge in [0.1, 0.15) is 5.69 Å². The fraction of sp³-hybridized carbons (Fsp3) is 0.455. The molecule has 1 aliphatic rings. The Bertz CT molecular complexity index is 356. The lowest BCUT2D eigenvalue weighted by Crippen LogP contribution is -2.27. The molecule has 5 nitrogen and oxygen atoms in total. The van der Waals surface area contributed by atoms with E-state index in [1.54, 1.807) is 12.3 Å². The van der Waals surface area contributed by atoms with E-state index in [2.05, 4.69) is 15.2 Å². The molecule has 86 valence electrons. The number of carboxylic acids is 1. The highest BCUT2D eigenvalue weighted by Gasteiger charge is 2.10. The molecule has 2 heterocycles. The van der Waals surface area contributed by atoms with Gasteiger partial charge >= 0.3 is 5.97 Å². The van der Waals surface area contributed by atoms with E-state index in [1.807, 2.05) is 6.07 Å². The van der Waals surface area contributed by atoms with Crippen molar-refractivity contribution in [2.45, 2.75) is 6.42 Å². The van der Waals surface area contributed by atoms with Crippen LogP contribution >= 0.6 is 0 Å². The van der Waals surface area contributed by atoms with Crippen LogP contribution in [0.15, 0.2) is 18.3 Å². The van der Waals surface area contributed by atoms with Crippen LogP contribution in [0.5, 0.6) is 0 Å². The zero-order chi connectivity index (χ0) is 11.4. The van der Waals surface area contributed by atoms with Crippen LogP contribution in [0.1, 0.15) is 16.9 Å². The smallest absolute Gasteiger partial charge is 0.354 e. The van der Waals surface area contributed by atoms with Crippen molar-refractivity contribution in [2.75, 3.05) is 31.1 Å². The molecule has 0 saturated carbocycles. The Hall–Kier alpha value is -1.62. The number of carboxylic acid groups (broad SMARTS) is 1. The zero-order valence-corrected chi connectivity index (χ0v) is 9.02. The van der Waals surface area contributed by atoms with Crippen molar-refractivity contribution in [3.8, 4) is 0 Å². The SMILES string of the molecule is O=C(O)c1ccc(N2CCCNCC2)cn1. The topological polar surface area (TPSA) is 65.5 Å². The summed E-state index contributed by atoms with van der Waals surface area (Å²) in [6.07, 6.45) is 2.73. The third kappa shape index (κ3) is 2.49. The summed E-state index contributed by atoms with van der Waals surface area (Å²) in [5, 5.41) is 12.1. The van der Waals surface area contributed by atoms with Gasteiger partial charge in [0.2, 0.25) is 0 Å². The van der Waals surface area contributed by atoms with E-state index in [0.717, 1.165) is 38.3 Å². The van der Waals surface area contributed by atoms with Crippen LogP contribution in [0.2, 0.25) is 0 Å². The summed E-state index contributed by atoms with van der Waals surface area (Å²) in [4.78, 5) is 16.8. The van der Waals surface area contributed by atoms with Gasteiger partial charge in [0.25, 0.3) is 0 Å². The first-order valence-corrected chi connectivity index (χ1v) is 5.42. The molecular formula is C11H15N3O2. The van der Waals surface area contributed by atoms with Gasteiger partial charge in [-0.25, -0.2) is 9.78 Å². The predicted molar refractivity (Wildman–Crippen MR) is 60.9 cm³/mol. The number of hydrogen-bond donors (Lipinski definition) is 2. The molecule has 0 atom stereocenters. The van der Waals surface area contributed by atoms with Crippen LogP contribution in [0.25, 0.3) is 0 Å². The third-order valence-corrected chi connectivity index (χ3v) is 2.67. The molecule has 0 spiro atoms. The number of aromatic nitrogens is 1. The van der Waals surface area contributed by atoms with Gasteiger partial charge in [-0.15, -0.1) is 0 Å². The minimum absolute atomic E-state index is 0.0942.